The molecule has 1 aliphatic carbocycles. The SMILES string of the molecule is CCCCCc1ccc(CCc2ccc(OC(=O)C3CCC(CCCCC)CC3)cc2)nc1. The van der Waals surface area contributed by atoms with Crippen molar-refractivity contribution in [1.29, 1.82) is 0 Å². The topological polar surface area (TPSA) is 39.2 Å². The van der Waals surface area contributed by atoms with Gasteiger partial charge in [0.15, 0.2) is 0 Å². The van der Waals surface area contributed by atoms with Gasteiger partial charge in [-0.25, -0.2) is 0 Å². The van der Waals surface area contributed by atoms with Gasteiger partial charge in [0.2, 0.25) is 0 Å². The summed E-state index contributed by atoms with van der Waals surface area (Å²) in [6.45, 7) is 4.49. The van der Waals surface area contributed by atoms with Crippen molar-refractivity contribution < 1.29 is 9.53 Å². The summed E-state index contributed by atoms with van der Waals surface area (Å²) in [6.07, 6.45) is 18.4. The van der Waals surface area contributed by atoms with Crippen LogP contribution in [0.15, 0.2) is 42.6 Å². The van der Waals surface area contributed by atoms with Crippen LogP contribution >= 0.6 is 0 Å². The number of nitrogens with zero attached hydrogens (tertiary/aromatic N) is 1. The molecule has 1 saturated carbocycles. The molecule has 1 aliphatic rings. The van der Waals surface area contributed by atoms with E-state index >= 15 is 0 Å². The molecule has 0 spiro atoms. The van der Waals surface area contributed by atoms with Gasteiger partial charge in [0.1, 0.15) is 5.75 Å². The monoisotopic (exact) mass is 449 g/mol. The van der Waals surface area contributed by atoms with Gasteiger partial charge >= 0.3 is 5.97 Å². The molecular weight excluding hydrogens is 406 g/mol. The maximum absolute atomic E-state index is 12.6. The number of rotatable bonds is 13. The van der Waals surface area contributed by atoms with E-state index in [1.807, 2.05) is 18.3 Å². The molecule has 3 nitrogen and oxygen atoms in total. The second-order valence-corrected chi connectivity index (χ2v) is 9.89. The van der Waals surface area contributed by atoms with Crippen LogP contribution in [-0.4, -0.2) is 11.0 Å². The van der Waals surface area contributed by atoms with E-state index < -0.39 is 0 Å². The smallest absolute Gasteiger partial charge is 0.314 e. The van der Waals surface area contributed by atoms with E-state index in [0.29, 0.717) is 5.75 Å². The van der Waals surface area contributed by atoms with Crippen LogP contribution in [0.25, 0.3) is 0 Å². The summed E-state index contributed by atoms with van der Waals surface area (Å²) in [5, 5.41) is 0. The van der Waals surface area contributed by atoms with Crippen LogP contribution in [0.2, 0.25) is 0 Å². The van der Waals surface area contributed by atoms with E-state index in [4.69, 9.17) is 4.74 Å². The molecule has 2 aromatic rings. The number of esters is 1. The summed E-state index contributed by atoms with van der Waals surface area (Å²) in [5.74, 6) is 1.51. The third-order valence-electron chi connectivity index (χ3n) is 7.16. The molecule has 1 aromatic heterocycles. The molecule has 0 aliphatic heterocycles. The molecular formula is C30H43NO2. The molecule has 0 unspecified atom stereocenters. The van der Waals surface area contributed by atoms with Gasteiger partial charge in [0.05, 0.1) is 5.92 Å². The zero-order chi connectivity index (χ0) is 23.3. The Bertz CT molecular complexity index is 804. The Hall–Kier alpha value is -2.16. The van der Waals surface area contributed by atoms with Crippen molar-refractivity contribution in [3.63, 3.8) is 0 Å². The zero-order valence-electron chi connectivity index (χ0n) is 20.9. The number of benzene rings is 1. The summed E-state index contributed by atoms with van der Waals surface area (Å²) in [7, 11) is 0. The van der Waals surface area contributed by atoms with E-state index in [1.165, 1.54) is 68.9 Å². The Kier molecular flexibility index (Phi) is 10.9. The lowest BCUT2D eigenvalue weighted by Crippen LogP contribution is -2.25. The first-order chi connectivity index (χ1) is 16.2. The van der Waals surface area contributed by atoms with Crippen LogP contribution in [0.5, 0.6) is 5.75 Å². The summed E-state index contributed by atoms with van der Waals surface area (Å²) in [6, 6.07) is 12.4. The number of aromatic nitrogens is 1. The second-order valence-electron chi connectivity index (χ2n) is 9.89. The number of hydrogen-bond acceptors (Lipinski definition) is 3. The van der Waals surface area contributed by atoms with Crippen LogP contribution in [0.4, 0.5) is 0 Å². The highest BCUT2D eigenvalue weighted by Crippen LogP contribution is 2.33. The van der Waals surface area contributed by atoms with Crippen molar-refractivity contribution in [2.24, 2.45) is 11.8 Å². The van der Waals surface area contributed by atoms with Crippen molar-refractivity contribution in [3.8, 4) is 5.75 Å². The van der Waals surface area contributed by atoms with Crippen LogP contribution in [0.3, 0.4) is 0 Å². The fourth-order valence-corrected chi connectivity index (χ4v) is 4.90. The van der Waals surface area contributed by atoms with E-state index in [2.05, 4.69) is 43.1 Å². The predicted octanol–water partition coefficient (Wildman–Crippen LogP) is 7.89. The van der Waals surface area contributed by atoms with Crippen molar-refractivity contribution in [1.82, 2.24) is 4.98 Å². The molecule has 0 bridgehead atoms. The van der Waals surface area contributed by atoms with Crippen molar-refractivity contribution >= 4 is 5.97 Å². The molecule has 1 fully saturated rings. The minimum atomic E-state index is -0.0435. The molecule has 0 N–H and O–H groups in total. The average Bonchev–Trinajstić information content (AvgIpc) is 2.85. The first-order valence-corrected chi connectivity index (χ1v) is 13.4. The predicted molar refractivity (Wildman–Crippen MR) is 137 cm³/mol. The second kappa shape index (κ2) is 14.2. The van der Waals surface area contributed by atoms with Crippen LogP contribution in [0, 0.1) is 11.8 Å². The quantitative estimate of drug-likeness (QED) is 0.177. The minimum Gasteiger partial charge on any atom is -0.426 e. The van der Waals surface area contributed by atoms with Crippen molar-refractivity contribution in [2.45, 2.75) is 104 Å². The average molecular weight is 450 g/mol. The molecule has 1 heterocycles. The summed E-state index contributed by atoms with van der Waals surface area (Å²) in [4.78, 5) is 17.2. The number of hydrogen-bond donors (Lipinski definition) is 0. The zero-order valence-corrected chi connectivity index (χ0v) is 20.9. The summed E-state index contributed by atoms with van der Waals surface area (Å²) in [5.41, 5.74) is 3.72. The van der Waals surface area contributed by atoms with Gasteiger partial charge in [-0.05, 0) is 86.6 Å². The Morgan fingerprint density at radius 2 is 1.52 bits per heavy atom. The van der Waals surface area contributed by atoms with E-state index in [0.717, 1.165) is 43.7 Å². The largest absolute Gasteiger partial charge is 0.426 e. The molecule has 1 aromatic carbocycles. The Morgan fingerprint density at radius 3 is 2.18 bits per heavy atom. The number of aryl methyl sites for hydroxylation is 3. The van der Waals surface area contributed by atoms with Crippen LogP contribution < -0.4 is 4.74 Å². The van der Waals surface area contributed by atoms with Gasteiger partial charge in [-0.1, -0.05) is 70.6 Å². The molecule has 0 atom stereocenters. The fraction of sp³-hybridized carbons (Fsp3) is 0.600. The highest BCUT2D eigenvalue weighted by molar-refractivity contribution is 5.75. The van der Waals surface area contributed by atoms with Gasteiger partial charge in [-0.2, -0.15) is 0 Å². The van der Waals surface area contributed by atoms with Gasteiger partial charge in [0.25, 0.3) is 0 Å². The Balaban J connectivity index is 1.38. The fourth-order valence-electron chi connectivity index (χ4n) is 4.90. The molecule has 180 valence electrons. The molecule has 0 saturated heterocycles. The molecule has 33 heavy (non-hydrogen) atoms. The third kappa shape index (κ3) is 8.95. The highest BCUT2D eigenvalue weighted by Gasteiger charge is 2.27. The maximum Gasteiger partial charge on any atom is 0.314 e. The van der Waals surface area contributed by atoms with Gasteiger partial charge in [0, 0.05) is 11.9 Å². The van der Waals surface area contributed by atoms with E-state index in [1.54, 1.807) is 0 Å². The van der Waals surface area contributed by atoms with Gasteiger partial charge in [-0.3, -0.25) is 9.78 Å². The molecule has 0 radical (unpaired) electrons. The number of ether oxygens (including phenoxy) is 1. The molecule has 0 amide bonds. The van der Waals surface area contributed by atoms with Crippen LogP contribution in [0.1, 0.15) is 101 Å². The highest BCUT2D eigenvalue weighted by atomic mass is 16.5. The van der Waals surface area contributed by atoms with Crippen molar-refractivity contribution in [2.75, 3.05) is 0 Å². The number of pyridine rings is 1. The molecule has 3 heteroatoms. The minimum absolute atomic E-state index is 0.0435. The molecule has 3 rings (SSSR count). The van der Waals surface area contributed by atoms with Gasteiger partial charge in [-0.15, -0.1) is 0 Å². The summed E-state index contributed by atoms with van der Waals surface area (Å²) < 4.78 is 5.71. The van der Waals surface area contributed by atoms with Gasteiger partial charge < -0.3 is 4.74 Å². The number of unbranched alkanes of at least 4 members (excludes halogenated alkanes) is 4. The number of carbonyl (C=O) groups is 1. The first-order valence-electron chi connectivity index (χ1n) is 13.4. The lowest BCUT2D eigenvalue weighted by molar-refractivity contribution is -0.140. The summed E-state index contributed by atoms with van der Waals surface area (Å²) >= 11 is 0. The Morgan fingerprint density at radius 1 is 0.818 bits per heavy atom. The third-order valence-corrected chi connectivity index (χ3v) is 7.16. The van der Waals surface area contributed by atoms with E-state index in [-0.39, 0.29) is 11.9 Å². The normalized spacial score (nSPS) is 18.2. The lowest BCUT2D eigenvalue weighted by atomic mass is 9.80. The van der Waals surface area contributed by atoms with E-state index in [9.17, 15) is 4.79 Å². The standard InChI is InChI=1S/C30H43NO2/c1-3-5-7-9-24-11-17-27(18-12-24)30(32)33-29-21-15-25(16-22-29)13-19-28-20-14-26(23-31-28)10-8-6-4-2/h14-16,20-24,27H,3-13,17-19H2,1-2H3. The van der Waals surface area contributed by atoms with Crippen LogP contribution in [-0.2, 0) is 24.1 Å². The lowest BCUT2D eigenvalue weighted by Gasteiger charge is -2.27. The first kappa shape index (κ1) is 25.5. The number of carbonyl (C=O) groups excluding carboxylic acids is 1. The maximum atomic E-state index is 12.6. The van der Waals surface area contributed by atoms with Crippen molar-refractivity contribution in [3.05, 3.63) is 59.4 Å². The Labute approximate surface area is 201 Å².